The zero-order chi connectivity index (χ0) is 16.6. The highest BCUT2D eigenvalue weighted by atomic mass is 32.2. The zero-order valence-corrected chi connectivity index (χ0v) is 15.2. The largest absolute Gasteiger partial charge is 0.296 e. The minimum absolute atomic E-state index is 0.243. The van der Waals surface area contributed by atoms with Crippen LogP contribution in [0.2, 0.25) is 0 Å². The summed E-state index contributed by atoms with van der Waals surface area (Å²) in [7, 11) is -3.63. The standard InChI is InChI=1S/C18H30O3S/c1-5-7-8-16(4)13-17(6-2)14-21-22(19,20)18-11-9-15(3)10-12-18/h9-12,16-17H,5-8,13-14H2,1-4H3/t16-,17+/m0/s1. The molecule has 0 aliphatic rings. The van der Waals surface area contributed by atoms with Crippen molar-refractivity contribution in [2.45, 2.75) is 64.7 Å². The summed E-state index contributed by atoms with van der Waals surface area (Å²) in [6.45, 7) is 8.75. The van der Waals surface area contributed by atoms with Crippen LogP contribution in [0.1, 0.15) is 58.4 Å². The molecule has 0 radical (unpaired) electrons. The molecule has 22 heavy (non-hydrogen) atoms. The van der Waals surface area contributed by atoms with E-state index in [9.17, 15) is 8.42 Å². The van der Waals surface area contributed by atoms with E-state index in [0.29, 0.717) is 11.8 Å². The second-order valence-corrected chi connectivity index (χ2v) is 7.92. The fourth-order valence-electron chi connectivity index (χ4n) is 2.55. The summed E-state index contributed by atoms with van der Waals surface area (Å²) >= 11 is 0. The molecule has 1 aromatic carbocycles. The summed E-state index contributed by atoms with van der Waals surface area (Å²) in [6, 6.07) is 6.80. The fraction of sp³-hybridized carbons (Fsp3) is 0.667. The van der Waals surface area contributed by atoms with Crippen LogP contribution >= 0.6 is 0 Å². The van der Waals surface area contributed by atoms with Gasteiger partial charge in [0.2, 0.25) is 0 Å². The lowest BCUT2D eigenvalue weighted by Gasteiger charge is -2.19. The molecule has 0 fully saturated rings. The molecule has 0 amide bonds. The molecule has 1 aromatic rings. The quantitative estimate of drug-likeness (QED) is 0.572. The van der Waals surface area contributed by atoms with E-state index in [-0.39, 0.29) is 11.5 Å². The smallest absolute Gasteiger partial charge is 0.266 e. The van der Waals surface area contributed by atoms with Crippen LogP contribution in [-0.2, 0) is 14.3 Å². The molecule has 1 rings (SSSR count). The first-order valence-corrected chi connectivity index (χ1v) is 9.76. The van der Waals surface area contributed by atoms with Crippen molar-refractivity contribution < 1.29 is 12.6 Å². The van der Waals surface area contributed by atoms with Crippen LogP contribution in [0.4, 0.5) is 0 Å². The third kappa shape index (κ3) is 6.49. The highest BCUT2D eigenvalue weighted by Crippen LogP contribution is 2.22. The molecule has 3 nitrogen and oxygen atoms in total. The van der Waals surface area contributed by atoms with Gasteiger partial charge in [0.15, 0.2) is 0 Å². The summed E-state index contributed by atoms with van der Waals surface area (Å²) < 4.78 is 29.7. The van der Waals surface area contributed by atoms with Gasteiger partial charge in [-0.15, -0.1) is 0 Å². The van der Waals surface area contributed by atoms with E-state index in [1.807, 2.05) is 6.92 Å². The number of aryl methyl sites for hydroxylation is 1. The van der Waals surface area contributed by atoms with Gasteiger partial charge in [-0.25, -0.2) is 0 Å². The van der Waals surface area contributed by atoms with Gasteiger partial charge in [0.05, 0.1) is 11.5 Å². The van der Waals surface area contributed by atoms with Crippen molar-refractivity contribution in [1.29, 1.82) is 0 Å². The van der Waals surface area contributed by atoms with Crippen molar-refractivity contribution in [2.75, 3.05) is 6.61 Å². The van der Waals surface area contributed by atoms with Crippen molar-refractivity contribution in [3.05, 3.63) is 29.8 Å². The van der Waals surface area contributed by atoms with Crippen molar-refractivity contribution in [1.82, 2.24) is 0 Å². The second kappa shape index (κ2) is 9.31. The van der Waals surface area contributed by atoms with Gasteiger partial charge in [-0.05, 0) is 37.3 Å². The predicted octanol–water partition coefficient (Wildman–Crippen LogP) is 4.94. The molecule has 0 unspecified atom stereocenters. The Labute approximate surface area is 136 Å². The minimum atomic E-state index is -3.63. The number of benzene rings is 1. The Morgan fingerprint density at radius 3 is 2.32 bits per heavy atom. The Morgan fingerprint density at radius 2 is 1.77 bits per heavy atom. The molecular formula is C18H30O3S. The Balaban J connectivity index is 2.56. The van der Waals surface area contributed by atoms with E-state index < -0.39 is 10.1 Å². The molecular weight excluding hydrogens is 296 g/mol. The second-order valence-electron chi connectivity index (χ2n) is 6.31. The molecule has 0 spiro atoms. The van der Waals surface area contributed by atoms with Gasteiger partial charge in [-0.2, -0.15) is 8.42 Å². The van der Waals surface area contributed by atoms with Crippen LogP contribution in [0.3, 0.4) is 0 Å². The maximum Gasteiger partial charge on any atom is 0.296 e. The fourth-order valence-corrected chi connectivity index (χ4v) is 3.53. The highest BCUT2D eigenvalue weighted by Gasteiger charge is 2.19. The van der Waals surface area contributed by atoms with Crippen LogP contribution in [0, 0.1) is 18.8 Å². The van der Waals surface area contributed by atoms with Crippen molar-refractivity contribution in [3.63, 3.8) is 0 Å². The monoisotopic (exact) mass is 326 g/mol. The Kier molecular flexibility index (Phi) is 8.12. The van der Waals surface area contributed by atoms with Gasteiger partial charge in [0.1, 0.15) is 0 Å². The van der Waals surface area contributed by atoms with Crippen LogP contribution in [-0.4, -0.2) is 15.0 Å². The summed E-state index contributed by atoms with van der Waals surface area (Å²) in [6.07, 6.45) is 5.62. The van der Waals surface area contributed by atoms with E-state index in [2.05, 4.69) is 20.8 Å². The van der Waals surface area contributed by atoms with Gasteiger partial charge >= 0.3 is 0 Å². The number of hydrogen-bond acceptors (Lipinski definition) is 3. The van der Waals surface area contributed by atoms with E-state index in [0.717, 1.165) is 18.4 Å². The third-order valence-corrected chi connectivity index (χ3v) is 5.43. The molecule has 0 aliphatic heterocycles. The topological polar surface area (TPSA) is 43.4 Å². The first-order chi connectivity index (χ1) is 10.4. The van der Waals surface area contributed by atoms with Gasteiger partial charge in [-0.1, -0.05) is 64.2 Å². The van der Waals surface area contributed by atoms with E-state index >= 15 is 0 Å². The van der Waals surface area contributed by atoms with Crippen LogP contribution < -0.4 is 0 Å². The lowest BCUT2D eigenvalue weighted by Crippen LogP contribution is -2.16. The number of hydrogen-bond donors (Lipinski definition) is 0. The molecule has 2 atom stereocenters. The predicted molar refractivity (Wildman–Crippen MR) is 91.4 cm³/mol. The normalized spacial score (nSPS) is 14.7. The molecule has 0 aromatic heterocycles. The maximum absolute atomic E-state index is 12.2. The molecule has 0 saturated heterocycles. The lowest BCUT2D eigenvalue weighted by atomic mass is 9.91. The Hall–Kier alpha value is -0.870. The van der Waals surface area contributed by atoms with E-state index in [1.165, 1.54) is 19.3 Å². The number of rotatable bonds is 10. The SMILES string of the molecule is CCCC[C@H](C)C[C@@H](CC)COS(=O)(=O)c1ccc(C)cc1. The van der Waals surface area contributed by atoms with Gasteiger partial charge in [0.25, 0.3) is 10.1 Å². The molecule has 0 N–H and O–H groups in total. The van der Waals surface area contributed by atoms with Gasteiger partial charge < -0.3 is 0 Å². The number of unbranched alkanes of at least 4 members (excludes halogenated alkanes) is 1. The first kappa shape index (κ1) is 19.2. The Bertz CT molecular complexity index is 520. The average Bonchev–Trinajstić information content (AvgIpc) is 2.49. The molecule has 0 aliphatic carbocycles. The van der Waals surface area contributed by atoms with Crippen molar-refractivity contribution in [2.24, 2.45) is 11.8 Å². The van der Waals surface area contributed by atoms with Gasteiger partial charge in [-0.3, -0.25) is 4.18 Å². The molecule has 0 heterocycles. The molecule has 4 heteroatoms. The average molecular weight is 327 g/mol. The molecule has 0 saturated carbocycles. The van der Waals surface area contributed by atoms with Crippen molar-refractivity contribution >= 4 is 10.1 Å². The summed E-state index contributed by atoms with van der Waals surface area (Å²) in [5.74, 6) is 0.919. The van der Waals surface area contributed by atoms with E-state index in [4.69, 9.17) is 4.18 Å². The van der Waals surface area contributed by atoms with Crippen molar-refractivity contribution in [3.8, 4) is 0 Å². The highest BCUT2D eigenvalue weighted by molar-refractivity contribution is 7.86. The summed E-state index contributed by atoms with van der Waals surface area (Å²) in [4.78, 5) is 0.243. The first-order valence-electron chi connectivity index (χ1n) is 8.35. The summed E-state index contributed by atoms with van der Waals surface area (Å²) in [5.41, 5.74) is 1.04. The summed E-state index contributed by atoms with van der Waals surface area (Å²) in [5, 5.41) is 0. The third-order valence-electron chi connectivity index (χ3n) is 4.13. The molecule has 126 valence electrons. The lowest BCUT2D eigenvalue weighted by molar-refractivity contribution is 0.220. The van der Waals surface area contributed by atoms with Crippen LogP contribution in [0.5, 0.6) is 0 Å². The maximum atomic E-state index is 12.2. The van der Waals surface area contributed by atoms with Crippen LogP contribution in [0.25, 0.3) is 0 Å². The molecule has 0 bridgehead atoms. The Morgan fingerprint density at radius 1 is 1.14 bits per heavy atom. The van der Waals surface area contributed by atoms with Gasteiger partial charge in [0, 0.05) is 0 Å². The minimum Gasteiger partial charge on any atom is -0.266 e. The van der Waals surface area contributed by atoms with Crippen LogP contribution in [0.15, 0.2) is 29.2 Å². The van der Waals surface area contributed by atoms with E-state index in [1.54, 1.807) is 24.3 Å². The zero-order valence-electron chi connectivity index (χ0n) is 14.3.